The fraction of sp³-hybridized carbons (Fsp3) is 0.471. The average molecular weight is 314 g/mol. The Morgan fingerprint density at radius 1 is 1.39 bits per heavy atom. The molecule has 1 aromatic carbocycles. The highest BCUT2D eigenvalue weighted by Gasteiger charge is 2.30. The zero-order valence-electron chi connectivity index (χ0n) is 13.4. The minimum atomic E-state index is -0.251. The smallest absolute Gasteiger partial charge is 0.273 e. The maximum absolute atomic E-state index is 12.1. The second-order valence-electron chi connectivity index (χ2n) is 6.19. The number of rotatable bonds is 6. The average Bonchev–Trinajstić information content (AvgIpc) is 3.21. The largest absolute Gasteiger partial charge is 0.373 e. The Labute approximate surface area is 135 Å². The molecule has 1 N–H and O–H groups in total. The zero-order valence-corrected chi connectivity index (χ0v) is 13.4. The number of carbonyl (C=O) groups excluding carboxylic acids is 1. The van der Waals surface area contributed by atoms with E-state index in [1.807, 2.05) is 25.1 Å². The van der Waals surface area contributed by atoms with E-state index in [0.717, 1.165) is 25.9 Å². The summed E-state index contributed by atoms with van der Waals surface area (Å²) in [6.07, 6.45) is 4.56. The Morgan fingerprint density at radius 2 is 2.22 bits per heavy atom. The number of hydrogen-bond acceptors (Lipinski definition) is 4. The van der Waals surface area contributed by atoms with Gasteiger partial charge in [-0.25, -0.2) is 0 Å². The van der Waals surface area contributed by atoms with Crippen LogP contribution in [0.15, 0.2) is 36.5 Å². The molecule has 2 aromatic rings. The van der Waals surface area contributed by atoms with E-state index in [2.05, 4.69) is 27.8 Å². The third kappa shape index (κ3) is 4.16. The maximum Gasteiger partial charge on any atom is 0.273 e. The Bertz CT molecular complexity index is 648. The summed E-state index contributed by atoms with van der Waals surface area (Å²) in [7, 11) is 0. The number of benzene rings is 1. The molecule has 1 atom stereocenters. The summed E-state index contributed by atoms with van der Waals surface area (Å²) in [6, 6.07) is 10.2. The van der Waals surface area contributed by atoms with Crippen LogP contribution in [-0.2, 0) is 17.7 Å². The number of carbonyl (C=O) groups is 1. The summed E-state index contributed by atoms with van der Waals surface area (Å²) in [5, 5.41) is 10.9. The molecule has 1 saturated heterocycles. The van der Waals surface area contributed by atoms with Crippen molar-refractivity contribution in [3.8, 4) is 0 Å². The predicted octanol–water partition coefficient (Wildman–Crippen LogP) is 1.82. The normalized spacial score (nSPS) is 20.6. The molecular formula is C17H22N4O2. The van der Waals surface area contributed by atoms with Crippen molar-refractivity contribution >= 4 is 5.91 Å². The first-order valence-electron chi connectivity index (χ1n) is 8.01. The lowest BCUT2D eigenvalue weighted by Crippen LogP contribution is -2.40. The first-order valence-corrected chi connectivity index (χ1v) is 8.01. The van der Waals surface area contributed by atoms with Crippen molar-refractivity contribution in [2.45, 2.75) is 38.3 Å². The molecule has 3 rings (SSSR count). The van der Waals surface area contributed by atoms with E-state index in [0.29, 0.717) is 18.8 Å². The molecule has 1 aliphatic rings. The monoisotopic (exact) mass is 314 g/mol. The quantitative estimate of drug-likeness (QED) is 0.883. The first-order chi connectivity index (χ1) is 11.1. The number of aryl methyl sites for hydroxylation is 2. The maximum atomic E-state index is 12.1. The van der Waals surface area contributed by atoms with Gasteiger partial charge in [0.25, 0.3) is 5.91 Å². The molecule has 1 aromatic heterocycles. The van der Waals surface area contributed by atoms with Crippen LogP contribution >= 0.6 is 0 Å². The van der Waals surface area contributed by atoms with Crippen molar-refractivity contribution in [1.29, 1.82) is 0 Å². The van der Waals surface area contributed by atoms with Gasteiger partial charge in [0.15, 0.2) is 5.69 Å². The van der Waals surface area contributed by atoms with Crippen LogP contribution in [0.4, 0.5) is 0 Å². The number of hydrogen-bond donors (Lipinski definition) is 1. The molecule has 0 aliphatic carbocycles. The van der Waals surface area contributed by atoms with Gasteiger partial charge in [-0.2, -0.15) is 0 Å². The van der Waals surface area contributed by atoms with E-state index in [1.54, 1.807) is 10.9 Å². The van der Waals surface area contributed by atoms with Gasteiger partial charge in [0.1, 0.15) is 0 Å². The summed E-state index contributed by atoms with van der Waals surface area (Å²) < 4.78 is 7.37. The van der Waals surface area contributed by atoms with Crippen molar-refractivity contribution in [3.05, 3.63) is 47.8 Å². The SMILES string of the molecule is C[C@]1(CNC(=O)c2cn(CCc3ccccc3)nn2)CCCO1. The van der Waals surface area contributed by atoms with Gasteiger partial charge < -0.3 is 10.1 Å². The van der Waals surface area contributed by atoms with Gasteiger partial charge in [0.05, 0.1) is 11.8 Å². The van der Waals surface area contributed by atoms with Crippen LogP contribution in [0.5, 0.6) is 0 Å². The topological polar surface area (TPSA) is 69.0 Å². The molecule has 6 nitrogen and oxygen atoms in total. The first kappa shape index (κ1) is 15.7. The number of nitrogens with one attached hydrogen (secondary N) is 1. The van der Waals surface area contributed by atoms with E-state index < -0.39 is 0 Å². The Morgan fingerprint density at radius 3 is 2.96 bits per heavy atom. The summed E-state index contributed by atoms with van der Waals surface area (Å²) in [6.45, 7) is 3.99. The van der Waals surface area contributed by atoms with Crippen LogP contribution in [0.25, 0.3) is 0 Å². The lowest BCUT2D eigenvalue weighted by atomic mass is 10.0. The van der Waals surface area contributed by atoms with Crippen molar-refractivity contribution in [1.82, 2.24) is 20.3 Å². The molecule has 0 bridgehead atoms. The molecule has 2 heterocycles. The van der Waals surface area contributed by atoms with E-state index in [4.69, 9.17) is 4.74 Å². The minimum absolute atomic E-state index is 0.201. The van der Waals surface area contributed by atoms with Gasteiger partial charge in [0, 0.05) is 19.7 Å². The van der Waals surface area contributed by atoms with Crippen molar-refractivity contribution in [3.63, 3.8) is 0 Å². The fourth-order valence-electron chi connectivity index (χ4n) is 2.73. The minimum Gasteiger partial charge on any atom is -0.373 e. The third-order valence-corrected chi connectivity index (χ3v) is 4.17. The van der Waals surface area contributed by atoms with Gasteiger partial charge >= 0.3 is 0 Å². The Balaban J connectivity index is 1.51. The van der Waals surface area contributed by atoms with Crippen molar-refractivity contribution in [2.24, 2.45) is 0 Å². The highest BCUT2D eigenvalue weighted by atomic mass is 16.5. The van der Waals surface area contributed by atoms with Gasteiger partial charge in [-0.3, -0.25) is 9.48 Å². The van der Waals surface area contributed by atoms with E-state index >= 15 is 0 Å². The molecular weight excluding hydrogens is 292 g/mol. The second-order valence-corrected chi connectivity index (χ2v) is 6.19. The zero-order chi connectivity index (χ0) is 16.1. The molecule has 0 radical (unpaired) electrons. The molecule has 6 heteroatoms. The summed E-state index contributed by atoms with van der Waals surface area (Å²) >= 11 is 0. The van der Waals surface area contributed by atoms with Crippen LogP contribution in [0.1, 0.15) is 35.8 Å². The van der Waals surface area contributed by atoms with Crippen LogP contribution in [0.2, 0.25) is 0 Å². The van der Waals surface area contributed by atoms with Crippen LogP contribution in [0, 0.1) is 0 Å². The summed E-state index contributed by atoms with van der Waals surface area (Å²) in [5.74, 6) is -0.201. The third-order valence-electron chi connectivity index (χ3n) is 4.17. The van der Waals surface area contributed by atoms with Gasteiger partial charge in [-0.15, -0.1) is 5.10 Å². The Hall–Kier alpha value is -2.21. The predicted molar refractivity (Wildman–Crippen MR) is 86.1 cm³/mol. The lowest BCUT2D eigenvalue weighted by Gasteiger charge is -2.22. The van der Waals surface area contributed by atoms with Gasteiger partial charge in [-0.05, 0) is 31.7 Å². The molecule has 1 aliphatic heterocycles. The van der Waals surface area contributed by atoms with E-state index in [9.17, 15) is 4.79 Å². The molecule has 0 spiro atoms. The molecule has 0 unspecified atom stereocenters. The Kier molecular flexibility index (Phi) is 4.71. The van der Waals surface area contributed by atoms with Crippen molar-refractivity contribution in [2.75, 3.05) is 13.2 Å². The lowest BCUT2D eigenvalue weighted by molar-refractivity contribution is 0.0205. The molecule has 122 valence electrons. The number of nitrogens with zero attached hydrogens (tertiary/aromatic N) is 3. The fourth-order valence-corrected chi connectivity index (χ4v) is 2.73. The van der Waals surface area contributed by atoms with Crippen LogP contribution < -0.4 is 5.32 Å². The second kappa shape index (κ2) is 6.91. The standard InChI is InChI=1S/C17H22N4O2/c1-17(9-5-11-23-17)13-18-16(22)15-12-21(20-19-15)10-8-14-6-3-2-4-7-14/h2-4,6-7,12H,5,8-11,13H2,1H3,(H,18,22)/t17-/m1/s1. The molecule has 1 amide bonds. The van der Waals surface area contributed by atoms with Crippen molar-refractivity contribution < 1.29 is 9.53 Å². The number of ether oxygens (including phenoxy) is 1. The van der Waals surface area contributed by atoms with Gasteiger partial charge in [-0.1, -0.05) is 35.5 Å². The molecule has 0 saturated carbocycles. The molecule has 23 heavy (non-hydrogen) atoms. The van der Waals surface area contributed by atoms with Crippen LogP contribution in [-0.4, -0.2) is 39.7 Å². The molecule has 1 fully saturated rings. The summed E-state index contributed by atoms with van der Waals surface area (Å²) in [4.78, 5) is 12.1. The highest BCUT2D eigenvalue weighted by Crippen LogP contribution is 2.23. The summed E-state index contributed by atoms with van der Waals surface area (Å²) in [5.41, 5.74) is 1.33. The highest BCUT2D eigenvalue weighted by molar-refractivity contribution is 5.91. The van der Waals surface area contributed by atoms with E-state index in [1.165, 1.54) is 5.56 Å². The number of aromatic nitrogens is 3. The van der Waals surface area contributed by atoms with Crippen LogP contribution in [0.3, 0.4) is 0 Å². The number of amides is 1. The van der Waals surface area contributed by atoms with E-state index in [-0.39, 0.29) is 11.5 Å². The van der Waals surface area contributed by atoms with Gasteiger partial charge in [0.2, 0.25) is 0 Å².